The molecule has 1 saturated carbocycles. The second-order valence-corrected chi connectivity index (χ2v) is 6.39. The van der Waals surface area contributed by atoms with E-state index in [-0.39, 0.29) is 12.1 Å². The van der Waals surface area contributed by atoms with Crippen LogP contribution in [0.15, 0.2) is 16.5 Å². The summed E-state index contributed by atoms with van der Waals surface area (Å²) in [7, 11) is 0. The van der Waals surface area contributed by atoms with Crippen LogP contribution in [0.25, 0.3) is 0 Å². The van der Waals surface area contributed by atoms with Crippen LogP contribution < -0.4 is 5.73 Å². The zero-order valence-corrected chi connectivity index (χ0v) is 12.1. The molecule has 1 aromatic rings. The number of aryl methyl sites for hydroxylation is 1. The molecule has 19 heavy (non-hydrogen) atoms. The van der Waals surface area contributed by atoms with Gasteiger partial charge in [-0.15, -0.1) is 0 Å². The average molecular weight is 262 g/mol. The monoisotopic (exact) mass is 262 g/mol. The van der Waals surface area contributed by atoms with Gasteiger partial charge in [0.05, 0.1) is 6.04 Å². The minimum atomic E-state index is 0.116. The third-order valence-electron chi connectivity index (χ3n) is 4.94. The smallest absolute Gasteiger partial charge is 0.122 e. The van der Waals surface area contributed by atoms with Gasteiger partial charge in [0.1, 0.15) is 11.5 Å². The van der Waals surface area contributed by atoms with Crippen molar-refractivity contribution in [1.29, 1.82) is 0 Å². The summed E-state index contributed by atoms with van der Waals surface area (Å²) in [6.45, 7) is 5.30. The Hall–Kier alpha value is -0.800. The summed E-state index contributed by atoms with van der Waals surface area (Å²) in [5, 5.41) is 0. The largest absolute Gasteiger partial charge is 0.465 e. The first-order valence-electron chi connectivity index (χ1n) is 7.74. The number of nitrogens with zero attached hydrogens (tertiary/aromatic N) is 1. The van der Waals surface area contributed by atoms with E-state index in [1.54, 1.807) is 0 Å². The third kappa shape index (κ3) is 2.46. The molecule has 4 unspecified atom stereocenters. The Morgan fingerprint density at radius 2 is 2.05 bits per heavy atom. The van der Waals surface area contributed by atoms with Gasteiger partial charge in [-0.2, -0.15) is 0 Å². The standard InChI is InChI=1S/C16H26N2O/c1-11-8-9-15(19-11)16(12(2)17)18-10-4-6-13-5-3-7-14(13)18/h8-9,12-14,16H,3-7,10,17H2,1-2H3. The zero-order chi connectivity index (χ0) is 13.4. The number of rotatable bonds is 3. The molecule has 0 amide bonds. The number of piperidine rings is 1. The molecule has 3 rings (SSSR count). The second-order valence-electron chi connectivity index (χ2n) is 6.39. The van der Waals surface area contributed by atoms with Gasteiger partial charge in [0.25, 0.3) is 0 Å². The van der Waals surface area contributed by atoms with Crippen LogP contribution >= 0.6 is 0 Å². The molecule has 0 radical (unpaired) electrons. The van der Waals surface area contributed by atoms with Crippen LogP contribution in [0.3, 0.4) is 0 Å². The summed E-state index contributed by atoms with van der Waals surface area (Å²) in [6, 6.07) is 5.27. The molecule has 1 aliphatic heterocycles. The Kier molecular flexibility index (Phi) is 3.68. The van der Waals surface area contributed by atoms with Gasteiger partial charge in [-0.1, -0.05) is 6.42 Å². The molecule has 3 nitrogen and oxygen atoms in total. The first-order chi connectivity index (χ1) is 9.16. The van der Waals surface area contributed by atoms with Crippen LogP contribution in [0.4, 0.5) is 0 Å². The van der Waals surface area contributed by atoms with Crippen molar-refractivity contribution in [1.82, 2.24) is 4.90 Å². The number of hydrogen-bond donors (Lipinski definition) is 1. The van der Waals surface area contributed by atoms with Crippen molar-refractivity contribution in [3.63, 3.8) is 0 Å². The van der Waals surface area contributed by atoms with E-state index in [1.807, 2.05) is 6.92 Å². The summed E-state index contributed by atoms with van der Waals surface area (Å²) in [5.41, 5.74) is 6.29. The van der Waals surface area contributed by atoms with Gasteiger partial charge in [0, 0.05) is 12.1 Å². The molecule has 0 bridgehead atoms. The maximum absolute atomic E-state index is 6.29. The number of nitrogens with two attached hydrogens (primary N) is 1. The van der Waals surface area contributed by atoms with E-state index in [2.05, 4.69) is 24.0 Å². The number of fused-ring (bicyclic) bond motifs is 1. The minimum absolute atomic E-state index is 0.116. The van der Waals surface area contributed by atoms with Crippen LogP contribution in [0, 0.1) is 12.8 Å². The Morgan fingerprint density at radius 1 is 1.26 bits per heavy atom. The Balaban J connectivity index is 1.87. The third-order valence-corrected chi connectivity index (χ3v) is 4.94. The average Bonchev–Trinajstić information content (AvgIpc) is 2.98. The molecule has 0 spiro atoms. The van der Waals surface area contributed by atoms with Gasteiger partial charge in [0.2, 0.25) is 0 Å². The van der Waals surface area contributed by atoms with Crippen molar-refractivity contribution in [2.75, 3.05) is 6.54 Å². The van der Waals surface area contributed by atoms with Crippen molar-refractivity contribution in [3.8, 4) is 0 Å². The fourth-order valence-electron chi connectivity index (χ4n) is 4.17. The van der Waals surface area contributed by atoms with Crippen LogP contribution in [0.5, 0.6) is 0 Å². The SMILES string of the molecule is Cc1ccc(C(C(C)N)N2CCCC3CCCC32)o1. The Morgan fingerprint density at radius 3 is 2.74 bits per heavy atom. The maximum Gasteiger partial charge on any atom is 0.122 e. The molecule has 4 atom stereocenters. The quantitative estimate of drug-likeness (QED) is 0.909. The van der Waals surface area contributed by atoms with Crippen molar-refractivity contribution in [2.24, 2.45) is 11.7 Å². The highest BCUT2D eigenvalue weighted by Crippen LogP contribution is 2.41. The number of furan rings is 1. The van der Waals surface area contributed by atoms with Crippen molar-refractivity contribution >= 4 is 0 Å². The molecule has 0 aromatic carbocycles. The minimum Gasteiger partial charge on any atom is -0.465 e. The van der Waals surface area contributed by atoms with Gasteiger partial charge in [-0.25, -0.2) is 0 Å². The molecule has 1 saturated heterocycles. The molecule has 2 fully saturated rings. The van der Waals surface area contributed by atoms with Gasteiger partial charge in [-0.05, 0) is 64.1 Å². The van der Waals surface area contributed by atoms with Crippen LogP contribution in [-0.2, 0) is 0 Å². The van der Waals surface area contributed by atoms with E-state index < -0.39 is 0 Å². The van der Waals surface area contributed by atoms with E-state index in [0.29, 0.717) is 0 Å². The second kappa shape index (κ2) is 5.29. The first kappa shape index (κ1) is 13.2. The summed E-state index contributed by atoms with van der Waals surface area (Å²) in [5.74, 6) is 2.94. The molecule has 2 N–H and O–H groups in total. The highest BCUT2D eigenvalue weighted by atomic mass is 16.3. The number of likely N-dealkylation sites (tertiary alicyclic amines) is 1. The molecule has 1 aliphatic carbocycles. The van der Waals surface area contributed by atoms with Crippen LogP contribution in [-0.4, -0.2) is 23.5 Å². The van der Waals surface area contributed by atoms with E-state index in [9.17, 15) is 0 Å². The van der Waals surface area contributed by atoms with E-state index in [4.69, 9.17) is 10.2 Å². The molecule has 2 aliphatic rings. The first-order valence-corrected chi connectivity index (χ1v) is 7.74. The fraction of sp³-hybridized carbons (Fsp3) is 0.750. The summed E-state index contributed by atoms with van der Waals surface area (Å²) < 4.78 is 5.89. The highest BCUT2D eigenvalue weighted by Gasteiger charge is 2.40. The fourth-order valence-corrected chi connectivity index (χ4v) is 4.17. The maximum atomic E-state index is 6.29. The lowest BCUT2D eigenvalue weighted by Gasteiger charge is -2.43. The van der Waals surface area contributed by atoms with E-state index in [0.717, 1.165) is 23.5 Å². The van der Waals surface area contributed by atoms with Crippen LogP contribution in [0.2, 0.25) is 0 Å². The predicted molar refractivity (Wildman–Crippen MR) is 76.9 cm³/mol. The van der Waals surface area contributed by atoms with Crippen LogP contribution in [0.1, 0.15) is 56.6 Å². The normalized spacial score (nSPS) is 31.1. The molecule has 106 valence electrons. The molecule has 1 aromatic heterocycles. The van der Waals surface area contributed by atoms with Crippen molar-refractivity contribution in [2.45, 2.75) is 64.1 Å². The zero-order valence-electron chi connectivity index (χ0n) is 12.1. The summed E-state index contributed by atoms with van der Waals surface area (Å²) >= 11 is 0. The molecule has 2 heterocycles. The lowest BCUT2D eigenvalue weighted by molar-refractivity contribution is 0.0467. The summed E-state index contributed by atoms with van der Waals surface area (Å²) in [6.07, 6.45) is 6.85. The van der Waals surface area contributed by atoms with Gasteiger partial charge in [0.15, 0.2) is 0 Å². The van der Waals surface area contributed by atoms with E-state index >= 15 is 0 Å². The Labute approximate surface area is 116 Å². The number of hydrogen-bond acceptors (Lipinski definition) is 3. The van der Waals surface area contributed by atoms with Gasteiger partial charge >= 0.3 is 0 Å². The predicted octanol–water partition coefficient (Wildman–Crippen LogP) is 3.24. The lowest BCUT2D eigenvalue weighted by Crippen LogP contribution is -2.49. The van der Waals surface area contributed by atoms with Gasteiger partial charge in [-0.3, -0.25) is 4.90 Å². The lowest BCUT2D eigenvalue weighted by atomic mass is 9.89. The molecular formula is C16H26N2O. The van der Waals surface area contributed by atoms with Gasteiger partial charge < -0.3 is 10.2 Å². The topological polar surface area (TPSA) is 42.4 Å². The van der Waals surface area contributed by atoms with E-state index in [1.165, 1.54) is 38.6 Å². The highest BCUT2D eigenvalue weighted by molar-refractivity contribution is 5.13. The van der Waals surface area contributed by atoms with Crippen molar-refractivity contribution < 1.29 is 4.42 Å². The Bertz CT molecular complexity index is 426. The molecular weight excluding hydrogens is 236 g/mol. The van der Waals surface area contributed by atoms with Crippen molar-refractivity contribution in [3.05, 3.63) is 23.7 Å². The summed E-state index contributed by atoms with van der Waals surface area (Å²) in [4.78, 5) is 2.64. The molecule has 3 heteroatoms.